The van der Waals surface area contributed by atoms with Crippen molar-refractivity contribution >= 4 is 5.91 Å². The first-order valence-corrected chi connectivity index (χ1v) is 6.18. The maximum atomic E-state index is 11.6. The minimum absolute atomic E-state index is 0.376. The molecule has 1 aromatic rings. The third-order valence-electron chi connectivity index (χ3n) is 3.74. The van der Waals surface area contributed by atoms with Gasteiger partial charge in [-0.2, -0.15) is 0 Å². The molecule has 2 aliphatic rings. The lowest BCUT2D eigenvalue weighted by atomic mass is 10.1. The van der Waals surface area contributed by atoms with Crippen LogP contribution in [0.1, 0.15) is 24.8 Å². The molecule has 0 bridgehead atoms. The molecule has 2 nitrogen and oxygen atoms in total. The predicted octanol–water partition coefficient (Wildman–Crippen LogP) is 2.24. The third-order valence-corrected chi connectivity index (χ3v) is 3.74. The first-order chi connectivity index (χ1) is 7.84. The maximum absolute atomic E-state index is 11.6. The molecule has 2 atom stereocenters. The van der Waals surface area contributed by atoms with Crippen LogP contribution in [0.5, 0.6) is 0 Å². The molecule has 1 saturated carbocycles. The second-order valence-electron chi connectivity index (χ2n) is 4.94. The Morgan fingerprint density at radius 1 is 1.25 bits per heavy atom. The first kappa shape index (κ1) is 9.88. The lowest BCUT2D eigenvalue weighted by Crippen LogP contribution is -2.28. The van der Waals surface area contributed by atoms with Gasteiger partial charge in [0.15, 0.2) is 0 Å². The molecule has 1 aliphatic heterocycles. The standard InChI is InChI=1S/C14H17NO/c16-14-7-4-8-15(14)13-10-12(13)9-11-5-2-1-3-6-11/h1-3,5-6,12-13H,4,7-10H2/t12-,13-/m0/s1. The van der Waals surface area contributed by atoms with E-state index in [4.69, 9.17) is 0 Å². The quantitative estimate of drug-likeness (QED) is 0.757. The topological polar surface area (TPSA) is 20.3 Å². The number of amides is 1. The summed E-state index contributed by atoms with van der Waals surface area (Å²) in [5.74, 6) is 1.09. The molecule has 0 N–H and O–H groups in total. The molecule has 0 radical (unpaired) electrons. The predicted molar refractivity (Wildman–Crippen MR) is 63.0 cm³/mol. The molecular weight excluding hydrogens is 198 g/mol. The van der Waals surface area contributed by atoms with Crippen LogP contribution in [0.25, 0.3) is 0 Å². The van der Waals surface area contributed by atoms with Crippen LogP contribution in [0.3, 0.4) is 0 Å². The van der Waals surface area contributed by atoms with Gasteiger partial charge in [0.1, 0.15) is 0 Å². The number of carbonyl (C=O) groups is 1. The van der Waals surface area contributed by atoms with E-state index in [1.54, 1.807) is 0 Å². The Morgan fingerprint density at radius 2 is 2.06 bits per heavy atom. The van der Waals surface area contributed by atoms with Crippen LogP contribution >= 0.6 is 0 Å². The summed E-state index contributed by atoms with van der Waals surface area (Å²) in [6.45, 7) is 0.995. The van der Waals surface area contributed by atoms with E-state index in [0.717, 1.165) is 25.8 Å². The Morgan fingerprint density at radius 3 is 2.75 bits per heavy atom. The van der Waals surface area contributed by atoms with Crippen molar-refractivity contribution in [2.45, 2.75) is 31.7 Å². The van der Waals surface area contributed by atoms with Gasteiger partial charge in [0.25, 0.3) is 0 Å². The average Bonchev–Trinajstić information content (AvgIpc) is 2.92. The van der Waals surface area contributed by atoms with E-state index in [9.17, 15) is 4.79 Å². The van der Waals surface area contributed by atoms with Crippen molar-refractivity contribution in [1.82, 2.24) is 4.90 Å². The summed E-state index contributed by atoms with van der Waals surface area (Å²) in [5, 5.41) is 0. The lowest BCUT2D eigenvalue weighted by molar-refractivity contribution is -0.128. The van der Waals surface area contributed by atoms with Gasteiger partial charge in [0.05, 0.1) is 0 Å². The van der Waals surface area contributed by atoms with Crippen molar-refractivity contribution in [2.24, 2.45) is 5.92 Å². The van der Waals surface area contributed by atoms with Gasteiger partial charge in [-0.05, 0) is 30.7 Å². The van der Waals surface area contributed by atoms with Crippen LogP contribution in [0.4, 0.5) is 0 Å². The molecule has 2 fully saturated rings. The highest BCUT2D eigenvalue weighted by Gasteiger charge is 2.44. The van der Waals surface area contributed by atoms with Crippen LogP contribution in [-0.4, -0.2) is 23.4 Å². The van der Waals surface area contributed by atoms with Crippen LogP contribution in [0.2, 0.25) is 0 Å². The molecule has 1 aliphatic carbocycles. The summed E-state index contributed by atoms with van der Waals surface area (Å²) in [4.78, 5) is 13.7. The third kappa shape index (κ3) is 1.84. The summed E-state index contributed by atoms with van der Waals surface area (Å²) in [5.41, 5.74) is 1.40. The van der Waals surface area contributed by atoms with E-state index < -0.39 is 0 Å². The van der Waals surface area contributed by atoms with Crippen molar-refractivity contribution in [3.63, 3.8) is 0 Å². The highest BCUT2D eigenvalue weighted by molar-refractivity contribution is 5.78. The van der Waals surface area contributed by atoms with Crippen LogP contribution in [0.15, 0.2) is 30.3 Å². The molecule has 0 spiro atoms. The van der Waals surface area contributed by atoms with Crippen molar-refractivity contribution < 1.29 is 4.79 Å². The van der Waals surface area contributed by atoms with Gasteiger partial charge in [0, 0.05) is 19.0 Å². The highest BCUT2D eigenvalue weighted by Crippen LogP contribution is 2.40. The number of rotatable bonds is 3. The fourth-order valence-electron chi connectivity index (χ4n) is 2.77. The minimum Gasteiger partial charge on any atom is -0.339 e. The summed E-state index contributed by atoms with van der Waals surface area (Å²) in [6, 6.07) is 11.2. The SMILES string of the molecule is O=C1CCCN1[C@H]1C[C@@H]1Cc1ccccc1. The zero-order chi connectivity index (χ0) is 11.0. The van der Waals surface area contributed by atoms with Crippen LogP contribution in [0, 0.1) is 5.92 Å². The minimum atomic E-state index is 0.376. The van der Waals surface area contributed by atoms with E-state index in [2.05, 4.69) is 35.2 Å². The fraction of sp³-hybridized carbons (Fsp3) is 0.500. The molecule has 0 aromatic heterocycles. The van der Waals surface area contributed by atoms with E-state index in [1.165, 1.54) is 12.0 Å². The molecule has 0 unspecified atom stereocenters. The molecule has 84 valence electrons. The van der Waals surface area contributed by atoms with E-state index in [1.807, 2.05) is 0 Å². The van der Waals surface area contributed by atoms with Gasteiger partial charge in [-0.3, -0.25) is 4.79 Å². The number of carbonyl (C=O) groups excluding carboxylic acids is 1. The average molecular weight is 215 g/mol. The largest absolute Gasteiger partial charge is 0.339 e. The van der Waals surface area contributed by atoms with Gasteiger partial charge in [0.2, 0.25) is 5.91 Å². The Kier molecular flexibility index (Phi) is 2.43. The molecule has 1 heterocycles. The van der Waals surface area contributed by atoms with Crippen molar-refractivity contribution in [1.29, 1.82) is 0 Å². The molecule has 1 saturated heterocycles. The molecule has 16 heavy (non-hydrogen) atoms. The molecule has 2 heteroatoms. The Labute approximate surface area is 96.3 Å². The Balaban J connectivity index is 1.58. The Bertz CT molecular complexity index is 387. The smallest absolute Gasteiger partial charge is 0.222 e. The summed E-state index contributed by atoms with van der Waals surface area (Å²) in [7, 11) is 0. The van der Waals surface area contributed by atoms with Crippen molar-refractivity contribution in [2.75, 3.05) is 6.54 Å². The van der Waals surface area contributed by atoms with E-state index in [-0.39, 0.29) is 0 Å². The molecular formula is C14H17NO. The zero-order valence-electron chi connectivity index (χ0n) is 9.43. The molecule has 3 rings (SSSR count). The number of benzene rings is 1. The number of likely N-dealkylation sites (tertiary alicyclic amines) is 1. The fourth-order valence-corrected chi connectivity index (χ4v) is 2.77. The normalized spacial score (nSPS) is 28.5. The van der Waals surface area contributed by atoms with Gasteiger partial charge < -0.3 is 4.90 Å². The van der Waals surface area contributed by atoms with Crippen LogP contribution < -0.4 is 0 Å². The second kappa shape index (κ2) is 3.93. The van der Waals surface area contributed by atoms with E-state index in [0.29, 0.717) is 17.9 Å². The Hall–Kier alpha value is -1.31. The van der Waals surface area contributed by atoms with Crippen LogP contribution in [-0.2, 0) is 11.2 Å². The lowest BCUT2D eigenvalue weighted by Gasteiger charge is -2.15. The van der Waals surface area contributed by atoms with Gasteiger partial charge in [-0.1, -0.05) is 30.3 Å². The molecule has 1 aromatic carbocycles. The van der Waals surface area contributed by atoms with Gasteiger partial charge in [-0.25, -0.2) is 0 Å². The van der Waals surface area contributed by atoms with Gasteiger partial charge >= 0.3 is 0 Å². The van der Waals surface area contributed by atoms with Crippen molar-refractivity contribution in [3.8, 4) is 0 Å². The summed E-state index contributed by atoms with van der Waals surface area (Å²) in [6.07, 6.45) is 4.18. The highest BCUT2D eigenvalue weighted by atomic mass is 16.2. The number of hydrogen-bond acceptors (Lipinski definition) is 1. The second-order valence-corrected chi connectivity index (χ2v) is 4.94. The summed E-state index contributed by atoms with van der Waals surface area (Å²) < 4.78 is 0. The number of hydrogen-bond donors (Lipinski definition) is 0. The van der Waals surface area contributed by atoms with E-state index >= 15 is 0 Å². The monoisotopic (exact) mass is 215 g/mol. The molecule has 1 amide bonds. The number of nitrogens with zero attached hydrogens (tertiary/aromatic N) is 1. The van der Waals surface area contributed by atoms with Gasteiger partial charge in [-0.15, -0.1) is 0 Å². The first-order valence-electron chi connectivity index (χ1n) is 6.18. The zero-order valence-corrected chi connectivity index (χ0v) is 9.43. The van der Waals surface area contributed by atoms with Crippen molar-refractivity contribution in [3.05, 3.63) is 35.9 Å². The maximum Gasteiger partial charge on any atom is 0.222 e. The summed E-state index contributed by atoms with van der Waals surface area (Å²) >= 11 is 0.